The molecule has 0 aliphatic carbocycles. The van der Waals surface area contributed by atoms with Crippen molar-refractivity contribution in [1.82, 2.24) is 10.6 Å². The van der Waals surface area contributed by atoms with Crippen LogP contribution in [0, 0.1) is 5.92 Å². The molecule has 2 heterocycles. The Labute approximate surface area is 122 Å². The van der Waals surface area contributed by atoms with Crippen LogP contribution in [0.5, 0.6) is 0 Å². The molecule has 0 aromatic heterocycles. The Balaban J connectivity index is 1.43. The fraction of sp³-hybridized carbons (Fsp3) is 0.647. The van der Waals surface area contributed by atoms with Crippen LogP contribution in [0.3, 0.4) is 0 Å². The predicted octanol–water partition coefficient (Wildman–Crippen LogP) is 2.63. The van der Waals surface area contributed by atoms with E-state index in [0.29, 0.717) is 0 Å². The van der Waals surface area contributed by atoms with Crippen molar-refractivity contribution in [2.45, 2.75) is 38.3 Å². The SMILES string of the molecule is c1ccc2c(c1)CCNC2OCCCC1CCNCC1. The molecule has 0 saturated carbocycles. The van der Waals surface area contributed by atoms with Crippen LogP contribution in [0.15, 0.2) is 24.3 Å². The normalized spacial score (nSPS) is 23.5. The first kappa shape index (κ1) is 14.1. The molecule has 3 heteroatoms. The molecular weight excluding hydrogens is 248 g/mol. The number of hydrogen-bond donors (Lipinski definition) is 2. The highest BCUT2D eigenvalue weighted by Gasteiger charge is 2.19. The van der Waals surface area contributed by atoms with Crippen LogP contribution in [-0.4, -0.2) is 26.2 Å². The zero-order valence-corrected chi connectivity index (χ0v) is 12.2. The lowest BCUT2D eigenvalue weighted by Gasteiger charge is -2.27. The third-order valence-corrected chi connectivity index (χ3v) is 4.56. The van der Waals surface area contributed by atoms with Crippen molar-refractivity contribution >= 4 is 0 Å². The Kier molecular flexibility index (Phi) is 5.06. The first-order chi connectivity index (χ1) is 9.93. The predicted molar refractivity (Wildman–Crippen MR) is 81.7 cm³/mol. The van der Waals surface area contributed by atoms with E-state index in [1.807, 2.05) is 0 Å². The summed E-state index contributed by atoms with van der Waals surface area (Å²) in [5, 5.41) is 6.91. The number of nitrogens with one attached hydrogen (secondary N) is 2. The van der Waals surface area contributed by atoms with Crippen molar-refractivity contribution in [2.75, 3.05) is 26.2 Å². The third kappa shape index (κ3) is 3.60. The van der Waals surface area contributed by atoms with Gasteiger partial charge >= 0.3 is 0 Å². The lowest BCUT2D eigenvalue weighted by atomic mass is 9.93. The van der Waals surface area contributed by atoms with E-state index in [1.54, 1.807) is 0 Å². The molecule has 1 aromatic carbocycles. The van der Waals surface area contributed by atoms with Gasteiger partial charge in [-0.1, -0.05) is 24.3 Å². The van der Waals surface area contributed by atoms with E-state index in [2.05, 4.69) is 34.9 Å². The maximum Gasteiger partial charge on any atom is 0.134 e. The second-order valence-corrected chi connectivity index (χ2v) is 5.99. The van der Waals surface area contributed by atoms with Gasteiger partial charge in [-0.15, -0.1) is 0 Å². The van der Waals surface area contributed by atoms with Crippen molar-refractivity contribution < 1.29 is 4.74 Å². The Morgan fingerprint density at radius 2 is 1.95 bits per heavy atom. The highest BCUT2D eigenvalue weighted by atomic mass is 16.5. The highest BCUT2D eigenvalue weighted by Crippen LogP contribution is 2.24. The summed E-state index contributed by atoms with van der Waals surface area (Å²) in [5.74, 6) is 0.909. The van der Waals surface area contributed by atoms with Gasteiger partial charge < -0.3 is 10.1 Å². The van der Waals surface area contributed by atoms with Crippen molar-refractivity contribution in [3.8, 4) is 0 Å². The number of benzene rings is 1. The molecule has 0 bridgehead atoms. The monoisotopic (exact) mass is 274 g/mol. The molecule has 3 nitrogen and oxygen atoms in total. The summed E-state index contributed by atoms with van der Waals surface area (Å²) in [4.78, 5) is 0. The average molecular weight is 274 g/mol. The van der Waals surface area contributed by atoms with Crippen molar-refractivity contribution in [3.05, 3.63) is 35.4 Å². The first-order valence-electron chi connectivity index (χ1n) is 8.07. The molecule has 2 aliphatic heterocycles. The Bertz CT molecular complexity index is 415. The van der Waals surface area contributed by atoms with Gasteiger partial charge in [-0.05, 0) is 62.2 Å². The number of fused-ring (bicyclic) bond motifs is 1. The van der Waals surface area contributed by atoms with Crippen LogP contribution in [-0.2, 0) is 11.2 Å². The zero-order valence-electron chi connectivity index (χ0n) is 12.2. The van der Waals surface area contributed by atoms with Crippen LogP contribution >= 0.6 is 0 Å². The van der Waals surface area contributed by atoms with Crippen LogP contribution in [0.1, 0.15) is 43.0 Å². The quantitative estimate of drug-likeness (QED) is 0.810. The summed E-state index contributed by atoms with van der Waals surface area (Å²) in [5.41, 5.74) is 2.77. The highest BCUT2D eigenvalue weighted by molar-refractivity contribution is 5.30. The Morgan fingerprint density at radius 1 is 1.10 bits per heavy atom. The molecule has 1 saturated heterocycles. The molecule has 20 heavy (non-hydrogen) atoms. The Hall–Kier alpha value is -0.900. The molecular formula is C17H26N2O. The van der Waals surface area contributed by atoms with Gasteiger partial charge in [-0.25, -0.2) is 0 Å². The summed E-state index contributed by atoms with van der Waals surface area (Å²) in [6.07, 6.45) is 6.40. The van der Waals surface area contributed by atoms with Gasteiger partial charge in [0.1, 0.15) is 6.23 Å². The summed E-state index contributed by atoms with van der Waals surface area (Å²) < 4.78 is 6.07. The van der Waals surface area contributed by atoms with Crippen molar-refractivity contribution in [2.24, 2.45) is 5.92 Å². The lowest BCUT2D eigenvalue weighted by molar-refractivity contribution is 0.0201. The number of hydrogen-bond acceptors (Lipinski definition) is 3. The minimum atomic E-state index is 0.105. The second kappa shape index (κ2) is 7.21. The third-order valence-electron chi connectivity index (χ3n) is 4.56. The molecule has 0 radical (unpaired) electrons. The average Bonchev–Trinajstić information content (AvgIpc) is 2.53. The maximum atomic E-state index is 6.07. The van der Waals surface area contributed by atoms with E-state index in [9.17, 15) is 0 Å². The molecule has 2 aliphatic rings. The molecule has 110 valence electrons. The van der Waals surface area contributed by atoms with Gasteiger partial charge in [0.05, 0.1) is 0 Å². The lowest BCUT2D eigenvalue weighted by Crippen LogP contribution is -2.32. The van der Waals surface area contributed by atoms with E-state index in [4.69, 9.17) is 4.74 Å². The summed E-state index contributed by atoms with van der Waals surface area (Å²) >= 11 is 0. The topological polar surface area (TPSA) is 33.3 Å². The molecule has 3 rings (SSSR count). The molecule has 1 fully saturated rings. The van der Waals surface area contributed by atoms with Gasteiger partial charge in [0, 0.05) is 13.2 Å². The summed E-state index contributed by atoms with van der Waals surface area (Å²) in [7, 11) is 0. The van der Waals surface area contributed by atoms with Crippen molar-refractivity contribution in [1.29, 1.82) is 0 Å². The molecule has 1 aromatic rings. The zero-order chi connectivity index (χ0) is 13.6. The smallest absolute Gasteiger partial charge is 0.134 e. The fourth-order valence-corrected chi connectivity index (χ4v) is 3.36. The minimum absolute atomic E-state index is 0.105. The Morgan fingerprint density at radius 3 is 2.85 bits per heavy atom. The standard InChI is InChI=1S/C17H26N2O/c1-2-6-16-15(5-1)9-12-19-17(16)20-13-3-4-14-7-10-18-11-8-14/h1-2,5-6,14,17-19H,3-4,7-13H2. The van der Waals surface area contributed by atoms with Crippen molar-refractivity contribution in [3.63, 3.8) is 0 Å². The van der Waals surface area contributed by atoms with E-state index >= 15 is 0 Å². The number of piperidine rings is 1. The van der Waals surface area contributed by atoms with Gasteiger partial charge in [-0.2, -0.15) is 0 Å². The van der Waals surface area contributed by atoms with E-state index < -0.39 is 0 Å². The molecule has 1 unspecified atom stereocenters. The van der Waals surface area contributed by atoms with E-state index in [1.165, 1.54) is 49.9 Å². The summed E-state index contributed by atoms with van der Waals surface area (Å²) in [6, 6.07) is 8.65. The number of rotatable bonds is 5. The maximum absolute atomic E-state index is 6.07. The van der Waals surface area contributed by atoms with Crippen LogP contribution in [0.25, 0.3) is 0 Å². The number of ether oxygens (including phenoxy) is 1. The fourth-order valence-electron chi connectivity index (χ4n) is 3.36. The summed E-state index contributed by atoms with van der Waals surface area (Å²) in [6.45, 7) is 4.29. The van der Waals surface area contributed by atoms with Gasteiger partial charge in [-0.3, -0.25) is 5.32 Å². The molecule has 0 spiro atoms. The largest absolute Gasteiger partial charge is 0.359 e. The van der Waals surface area contributed by atoms with Crippen LogP contribution in [0.2, 0.25) is 0 Å². The molecule has 1 atom stereocenters. The molecule has 0 amide bonds. The van der Waals surface area contributed by atoms with Gasteiger partial charge in [0.2, 0.25) is 0 Å². The van der Waals surface area contributed by atoms with Crippen LogP contribution in [0.4, 0.5) is 0 Å². The van der Waals surface area contributed by atoms with Gasteiger partial charge in [0.15, 0.2) is 0 Å². The van der Waals surface area contributed by atoms with E-state index in [0.717, 1.165) is 25.5 Å². The molecule has 2 N–H and O–H groups in total. The second-order valence-electron chi connectivity index (χ2n) is 5.99. The minimum Gasteiger partial charge on any atom is -0.359 e. The first-order valence-corrected chi connectivity index (χ1v) is 8.07. The van der Waals surface area contributed by atoms with E-state index in [-0.39, 0.29) is 6.23 Å². The van der Waals surface area contributed by atoms with Crippen LogP contribution < -0.4 is 10.6 Å². The van der Waals surface area contributed by atoms with Gasteiger partial charge in [0.25, 0.3) is 0 Å².